The van der Waals surface area contributed by atoms with E-state index in [0.29, 0.717) is 23.1 Å². The maximum atomic E-state index is 12.2. The summed E-state index contributed by atoms with van der Waals surface area (Å²) in [5, 5.41) is 5.33. The molecule has 2 aromatic rings. The SMILES string of the molecule is Cc1csc(C(=O)NCc2cc(Br)cc3c2OCC3)c1Cl. The highest BCUT2D eigenvalue weighted by molar-refractivity contribution is 9.10. The molecular weight excluding hydrogens is 374 g/mol. The van der Waals surface area contributed by atoms with Crippen molar-refractivity contribution in [3.8, 4) is 5.75 Å². The van der Waals surface area contributed by atoms with Gasteiger partial charge in [0.2, 0.25) is 0 Å². The van der Waals surface area contributed by atoms with Crippen LogP contribution in [0.25, 0.3) is 0 Å². The molecule has 0 saturated carbocycles. The van der Waals surface area contributed by atoms with Crippen LogP contribution in [0.5, 0.6) is 5.75 Å². The molecule has 110 valence electrons. The molecule has 1 N–H and O–H groups in total. The summed E-state index contributed by atoms with van der Waals surface area (Å²) in [6.07, 6.45) is 0.908. The van der Waals surface area contributed by atoms with Crippen molar-refractivity contribution in [1.82, 2.24) is 5.32 Å². The second-order valence-electron chi connectivity index (χ2n) is 4.90. The van der Waals surface area contributed by atoms with Gasteiger partial charge in [-0.05, 0) is 35.6 Å². The quantitative estimate of drug-likeness (QED) is 0.852. The summed E-state index contributed by atoms with van der Waals surface area (Å²) < 4.78 is 6.66. The summed E-state index contributed by atoms with van der Waals surface area (Å²) in [5.74, 6) is 0.747. The van der Waals surface area contributed by atoms with E-state index in [0.717, 1.165) is 27.8 Å². The second-order valence-corrected chi connectivity index (χ2v) is 7.07. The minimum absolute atomic E-state index is 0.148. The zero-order chi connectivity index (χ0) is 15.0. The number of carbonyl (C=O) groups excluding carboxylic acids is 1. The molecule has 1 amide bonds. The molecule has 0 radical (unpaired) electrons. The van der Waals surface area contributed by atoms with Crippen molar-refractivity contribution in [2.75, 3.05) is 6.61 Å². The lowest BCUT2D eigenvalue weighted by molar-refractivity contribution is 0.0955. The number of nitrogens with one attached hydrogen (secondary N) is 1. The van der Waals surface area contributed by atoms with Crippen LogP contribution in [0.15, 0.2) is 22.0 Å². The van der Waals surface area contributed by atoms with Crippen LogP contribution < -0.4 is 10.1 Å². The van der Waals surface area contributed by atoms with Crippen LogP contribution in [0.3, 0.4) is 0 Å². The summed E-state index contributed by atoms with van der Waals surface area (Å²) in [6.45, 7) is 3.02. The van der Waals surface area contributed by atoms with E-state index in [2.05, 4.69) is 27.3 Å². The van der Waals surface area contributed by atoms with Gasteiger partial charge < -0.3 is 10.1 Å². The second kappa shape index (κ2) is 5.99. The minimum atomic E-state index is -0.148. The molecule has 0 bridgehead atoms. The molecule has 1 aliphatic rings. The average molecular weight is 387 g/mol. The van der Waals surface area contributed by atoms with E-state index in [1.54, 1.807) is 0 Å². The molecule has 0 fully saturated rings. The largest absolute Gasteiger partial charge is 0.493 e. The zero-order valence-electron chi connectivity index (χ0n) is 11.3. The van der Waals surface area contributed by atoms with Gasteiger partial charge in [0.15, 0.2) is 0 Å². The number of amides is 1. The van der Waals surface area contributed by atoms with Crippen molar-refractivity contribution in [3.05, 3.63) is 48.6 Å². The third kappa shape index (κ3) is 2.96. The molecule has 1 aliphatic heterocycles. The van der Waals surface area contributed by atoms with Crippen LogP contribution in [0, 0.1) is 6.92 Å². The maximum absolute atomic E-state index is 12.2. The highest BCUT2D eigenvalue weighted by Gasteiger charge is 2.19. The van der Waals surface area contributed by atoms with Crippen molar-refractivity contribution in [2.24, 2.45) is 0 Å². The van der Waals surface area contributed by atoms with Gasteiger partial charge in [0.05, 0.1) is 11.6 Å². The van der Waals surface area contributed by atoms with E-state index >= 15 is 0 Å². The number of fused-ring (bicyclic) bond motifs is 1. The van der Waals surface area contributed by atoms with Gasteiger partial charge in [-0.2, -0.15) is 0 Å². The summed E-state index contributed by atoms with van der Waals surface area (Å²) >= 11 is 11.0. The van der Waals surface area contributed by atoms with Gasteiger partial charge in [0.25, 0.3) is 5.91 Å². The summed E-state index contributed by atoms with van der Waals surface area (Å²) in [6, 6.07) is 4.04. The first-order valence-electron chi connectivity index (χ1n) is 6.52. The predicted octanol–water partition coefficient (Wildman–Crippen LogP) is 4.34. The van der Waals surface area contributed by atoms with Gasteiger partial charge in [-0.15, -0.1) is 11.3 Å². The van der Waals surface area contributed by atoms with E-state index in [-0.39, 0.29) is 5.91 Å². The molecule has 21 heavy (non-hydrogen) atoms. The van der Waals surface area contributed by atoms with Crippen LogP contribution in [0.2, 0.25) is 5.02 Å². The van der Waals surface area contributed by atoms with E-state index in [1.807, 2.05) is 18.4 Å². The molecule has 0 spiro atoms. The Hall–Kier alpha value is -1.04. The number of benzene rings is 1. The fourth-order valence-corrected chi connectivity index (χ4v) is 4.06. The van der Waals surface area contributed by atoms with Crippen molar-refractivity contribution in [3.63, 3.8) is 0 Å². The molecule has 0 saturated heterocycles. The summed E-state index contributed by atoms with van der Waals surface area (Å²) in [7, 11) is 0. The van der Waals surface area contributed by atoms with Crippen molar-refractivity contribution in [1.29, 1.82) is 0 Å². The van der Waals surface area contributed by atoms with E-state index in [4.69, 9.17) is 16.3 Å². The standard InChI is InChI=1S/C15H13BrClNO2S/c1-8-7-21-14(12(8)17)15(19)18-6-10-5-11(16)4-9-2-3-20-13(9)10/h4-5,7H,2-3,6H2,1H3,(H,18,19). The number of thiophene rings is 1. The normalized spacial score (nSPS) is 12.9. The fraction of sp³-hybridized carbons (Fsp3) is 0.267. The van der Waals surface area contributed by atoms with Crippen LogP contribution in [0.1, 0.15) is 26.4 Å². The number of carbonyl (C=O) groups is 1. The third-order valence-electron chi connectivity index (χ3n) is 3.37. The van der Waals surface area contributed by atoms with Gasteiger partial charge in [-0.1, -0.05) is 27.5 Å². The summed E-state index contributed by atoms with van der Waals surface area (Å²) in [4.78, 5) is 12.8. The van der Waals surface area contributed by atoms with Gasteiger partial charge in [0, 0.05) is 23.0 Å². The Morgan fingerprint density at radius 2 is 2.33 bits per heavy atom. The lowest BCUT2D eigenvalue weighted by atomic mass is 10.1. The number of hydrogen-bond acceptors (Lipinski definition) is 3. The van der Waals surface area contributed by atoms with E-state index < -0.39 is 0 Å². The average Bonchev–Trinajstić information content (AvgIpc) is 3.04. The lowest BCUT2D eigenvalue weighted by Gasteiger charge is -2.10. The molecule has 0 atom stereocenters. The van der Waals surface area contributed by atoms with Crippen molar-refractivity contribution < 1.29 is 9.53 Å². The topological polar surface area (TPSA) is 38.3 Å². The molecule has 1 aromatic carbocycles. The zero-order valence-corrected chi connectivity index (χ0v) is 14.5. The molecule has 0 unspecified atom stereocenters. The van der Waals surface area contributed by atoms with Crippen molar-refractivity contribution >= 4 is 44.8 Å². The fourth-order valence-electron chi connectivity index (χ4n) is 2.32. The minimum Gasteiger partial charge on any atom is -0.493 e. The van der Waals surface area contributed by atoms with Gasteiger partial charge in [-0.3, -0.25) is 4.79 Å². The number of aryl methyl sites for hydroxylation is 1. The Balaban J connectivity index is 1.77. The van der Waals surface area contributed by atoms with Crippen LogP contribution in [-0.4, -0.2) is 12.5 Å². The molecule has 1 aromatic heterocycles. The Morgan fingerprint density at radius 3 is 3.05 bits per heavy atom. The molecule has 3 rings (SSSR count). The number of hydrogen-bond donors (Lipinski definition) is 1. The Kier molecular flexibility index (Phi) is 4.24. The van der Waals surface area contributed by atoms with Gasteiger partial charge in [-0.25, -0.2) is 0 Å². The van der Waals surface area contributed by atoms with E-state index in [1.165, 1.54) is 16.9 Å². The number of halogens is 2. The molecule has 6 heteroatoms. The Labute approximate surface area is 140 Å². The molecule has 2 heterocycles. The van der Waals surface area contributed by atoms with Crippen LogP contribution >= 0.6 is 38.9 Å². The van der Waals surface area contributed by atoms with Crippen LogP contribution in [0.4, 0.5) is 0 Å². The third-order valence-corrected chi connectivity index (χ3v) is 5.52. The smallest absolute Gasteiger partial charge is 0.263 e. The first kappa shape index (κ1) is 14.9. The van der Waals surface area contributed by atoms with Gasteiger partial charge in [0.1, 0.15) is 10.6 Å². The van der Waals surface area contributed by atoms with E-state index in [9.17, 15) is 4.79 Å². The Morgan fingerprint density at radius 1 is 1.52 bits per heavy atom. The van der Waals surface area contributed by atoms with Crippen molar-refractivity contribution in [2.45, 2.75) is 19.9 Å². The highest BCUT2D eigenvalue weighted by atomic mass is 79.9. The first-order chi connectivity index (χ1) is 10.1. The summed E-state index contributed by atoms with van der Waals surface area (Å²) in [5.41, 5.74) is 3.09. The molecular formula is C15H13BrClNO2S. The highest BCUT2D eigenvalue weighted by Crippen LogP contribution is 2.33. The predicted molar refractivity (Wildman–Crippen MR) is 88.6 cm³/mol. The molecule has 3 nitrogen and oxygen atoms in total. The molecule has 0 aliphatic carbocycles. The number of ether oxygens (including phenoxy) is 1. The monoisotopic (exact) mass is 385 g/mol. The first-order valence-corrected chi connectivity index (χ1v) is 8.57. The Bertz CT molecular complexity index is 714. The number of rotatable bonds is 3. The maximum Gasteiger partial charge on any atom is 0.263 e. The van der Waals surface area contributed by atoms with Crippen LogP contribution in [-0.2, 0) is 13.0 Å². The lowest BCUT2D eigenvalue weighted by Crippen LogP contribution is -2.22. The van der Waals surface area contributed by atoms with Gasteiger partial charge >= 0.3 is 0 Å².